The van der Waals surface area contributed by atoms with Crippen molar-refractivity contribution in [2.24, 2.45) is 5.10 Å². The number of pyridine rings is 1. The molecule has 0 atom stereocenters. The van der Waals surface area contributed by atoms with Crippen molar-refractivity contribution in [3.8, 4) is 5.75 Å². The minimum absolute atomic E-state index is 0.0487. The van der Waals surface area contributed by atoms with Gasteiger partial charge >= 0.3 is 0 Å². The molecule has 2 aromatic heterocycles. The van der Waals surface area contributed by atoms with Gasteiger partial charge in [-0.15, -0.1) is 11.3 Å². The standard InChI is InChI=1S/C18H21N3O3S/c1-11-17(23)14(13(10-22)8-19-11)9-20-21-18(24)16-7-12-5-3-2-4-6-15(12)25-16/h7-9,22-23H,2-6,10H2,1H3,(H,21,24)/b20-9+. The van der Waals surface area contributed by atoms with Crippen LogP contribution in [0.3, 0.4) is 0 Å². The first-order valence-corrected chi connectivity index (χ1v) is 9.15. The van der Waals surface area contributed by atoms with Crippen molar-refractivity contribution in [1.29, 1.82) is 0 Å². The van der Waals surface area contributed by atoms with Crippen LogP contribution in [0.1, 0.15) is 56.2 Å². The van der Waals surface area contributed by atoms with Crippen LogP contribution in [-0.2, 0) is 19.4 Å². The molecule has 0 bridgehead atoms. The summed E-state index contributed by atoms with van der Waals surface area (Å²) in [5.74, 6) is -0.308. The number of nitrogens with one attached hydrogen (secondary N) is 1. The number of rotatable bonds is 4. The Hall–Kier alpha value is -2.25. The van der Waals surface area contributed by atoms with E-state index in [4.69, 9.17) is 0 Å². The summed E-state index contributed by atoms with van der Waals surface area (Å²) in [6.45, 7) is 1.39. The molecule has 3 rings (SSSR count). The summed E-state index contributed by atoms with van der Waals surface area (Å²) in [5, 5.41) is 23.3. The van der Waals surface area contributed by atoms with Crippen molar-refractivity contribution in [1.82, 2.24) is 10.4 Å². The van der Waals surface area contributed by atoms with Crippen LogP contribution in [0.2, 0.25) is 0 Å². The Morgan fingerprint density at radius 1 is 1.40 bits per heavy atom. The largest absolute Gasteiger partial charge is 0.505 e. The Kier molecular flexibility index (Phi) is 5.45. The molecule has 2 aromatic rings. The number of hydrogen-bond donors (Lipinski definition) is 3. The number of aromatic nitrogens is 1. The van der Waals surface area contributed by atoms with Crippen LogP contribution in [0.25, 0.3) is 0 Å². The van der Waals surface area contributed by atoms with Crippen LogP contribution >= 0.6 is 11.3 Å². The lowest BCUT2D eigenvalue weighted by Gasteiger charge is -2.06. The SMILES string of the molecule is Cc1ncc(CO)c(/C=N/NC(=O)c2cc3c(s2)CCCCC3)c1O. The number of hydrazone groups is 1. The van der Waals surface area contributed by atoms with Crippen LogP contribution < -0.4 is 5.43 Å². The number of thiophene rings is 1. The number of carbonyl (C=O) groups excluding carboxylic acids is 1. The number of aryl methyl sites for hydroxylation is 3. The second-order valence-electron chi connectivity index (χ2n) is 6.11. The minimum atomic E-state index is -0.270. The first-order chi connectivity index (χ1) is 12.1. The van der Waals surface area contributed by atoms with E-state index in [1.54, 1.807) is 6.92 Å². The molecule has 3 N–H and O–H groups in total. The summed E-state index contributed by atoms with van der Waals surface area (Å²) in [4.78, 5) is 18.3. The molecule has 0 saturated carbocycles. The van der Waals surface area contributed by atoms with Gasteiger partial charge in [-0.1, -0.05) is 6.42 Å². The fourth-order valence-electron chi connectivity index (χ4n) is 2.91. The molecule has 0 aromatic carbocycles. The molecule has 6 nitrogen and oxygen atoms in total. The van der Waals surface area contributed by atoms with E-state index in [0.29, 0.717) is 21.7 Å². The molecule has 1 aliphatic carbocycles. The molecule has 0 spiro atoms. The van der Waals surface area contributed by atoms with Gasteiger partial charge in [0.15, 0.2) is 0 Å². The first kappa shape index (κ1) is 17.6. The lowest BCUT2D eigenvalue weighted by molar-refractivity contribution is 0.0959. The molecule has 1 aliphatic rings. The van der Waals surface area contributed by atoms with E-state index in [1.165, 1.54) is 53.5 Å². The van der Waals surface area contributed by atoms with Gasteiger partial charge in [0.1, 0.15) is 5.75 Å². The van der Waals surface area contributed by atoms with Gasteiger partial charge < -0.3 is 10.2 Å². The summed E-state index contributed by atoms with van der Waals surface area (Å²) < 4.78 is 0. The Morgan fingerprint density at radius 3 is 3.00 bits per heavy atom. The smallest absolute Gasteiger partial charge is 0.281 e. The third kappa shape index (κ3) is 3.88. The van der Waals surface area contributed by atoms with Crippen LogP contribution in [0.4, 0.5) is 0 Å². The molecule has 1 amide bonds. The lowest BCUT2D eigenvalue weighted by atomic mass is 10.1. The van der Waals surface area contributed by atoms with Crippen molar-refractivity contribution in [3.63, 3.8) is 0 Å². The Balaban J connectivity index is 1.73. The Labute approximate surface area is 150 Å². The van der Waals surface area contributed by atoms with Gasteiger partial charge in [-0.25, -0.2) is 5.43 Å². The number of carbonyl (C=O) groups is 1. The number of aliphatic hydroxyl groups excluding tert-OH is 1. The highest BCUT2D eigenvalue weighted by atomic mass is 32.1. The zero-order valence-electron chi connectivity index (χ0n) is 14.1. The van der Waals surface area contributed by atoms with Crippen molar-refractivity contribution < 1.29 is 15.0 Å². The maximum atomic E-state index is 12.3. The fourth-order valence-corrected chi connectivity index (χ4v) is 4.06. The van der Waals surface area contributed by atoms with E-state index < -0.39 is 0 Å². The molecule has 7 heteroatoms. The number of aromatic hydroxyl groups is 1. The monoisotopic (exact) mass is 359 g/mol. The number of fused-ring (bicyclic) bond motifs is 1. The summed E-state index contributed by atoms with van der Waals surface area (Å²) in [6.07, 6.45) is 8.49. The zero-order valence-corrected chi connectivity index (χ0v) is 14.9. The van der Waals surface area contributed by atoms with E-state index in [2.05, 4.69) is 15.5 Å². The van der Waals surface area contributed by atoms with Crippen molar-refractivity contribution in [3.05, 3.63) is 44.4 Å². The molecule has 0 radical (unpaired) electrons. The summed E-state index contributed by atoms with van der Waals surface area (Å²) in [7, 11) is 0. The van der Waals surface area contributed by atoms with E-state index in [-0.39, 0.29) is 18.3 Å². The van der Waals surface area contributed by atoms with Crippen LogP contribution in [0.5, 0.6) is 5.75 Å². The summed E-state index contributed by atoms with van der Waals surface area (Å²) in [5.41, 5.74) is 5.02. The van der Waals surface area contributed by atoms with E-state index in [0.717, 1.165) is 12.8 Å². The highest BCUT2D eigenvalue weighted by molar-refractivity contribution is 7.14. The fraction of sp³-hybridized carbons (Fsp3) is 0.389. The van der Waals surface area contributed by atoms with Gasteiger partial charge in [-0.3, -0.25) is 9.78 Å². The number of hydrogen-bond acceptors (Lipinski definition) is 6. The molecule has 0 saturated heterocycles. The molecule has 2 heterocycles. The average molecular weight is 359 g/mol. The van der Waals surface area contributed by atoms with Crippen LogP contribution in [-0.4, -0.2) is 27.3 Å². The summed E-state index contributed by atoms with van der Waals surface area (Å²) in [6, 6.07) is 1.96. The second kappa shape index (κ2) is 7.76. The predicted molar refractivity (Wildman–Crippen MR) is 97.2 cm³/mol. The van der Waals surface area contributed by atoms with Gasteiger partial charge in [0.25, 0.3) is 5.91 Å². The molecule has 0 aliphatic heterocycles. The van der Waals surface area contributed by atoms with Gasteiger partial charge in [0.05, 0.1) is 23.4 Å². The number of nitrogens with zero attached hydrogens (tertiary/aromatic N) is 2. The topological polar surface area (TPSA) is 94.8 Å². The van der Waals surface area contributed by atoms with Crippen LogP contribution in [0, 0.1) is 6.92 Å². The molecular formula is C18H21N3O3S. The van der Waals surface area contributed by atoms with Crippen LogP contribution in [0.15, 0.2) is 17.4 Å². The maximum Gasteiger partial charge on any atom is 0.281 e. The highest BCUT2D eigenvalue weighted by Gasteiger charge is 2.16. The molecule has 0 unspecified atom stereocenters. The summed E-state index contributed by atoms with van der Waals surface area (Å²) >= 11 is 1.53. The Morgan fingerprint density at radius 2 is 2.20 bits per heavy atom. The van der Waals surface area contributed by atoms with E-state index in [1.807, 2.05) is 6.07 Å². The van der Waals surface area contributed by atoms with Crippen molar-refractivity contribution >= 4 is 23.5 Å². The predicted octanol–water partition coefficient (Wildman–Crippen LogP) is 2.68. The average Bonchev–Trinajstić information content (AvgIpc) is 2.89. The van der Waals surface area contributed by atoms with E-state index >= 15 is 0 Å². The third-order valence-corrected chi connectivity index (χ3v) is 5.59. The lowest BCUT2D eigenvalue weighted by Crippen LogP contribution is -2.16. The van der Waals surface area contributed by atoms with Crippen molar-refractivity contribution in [2.45, 2.75) is 45.6 Å². The highest BCUT2D eigenvalue weighted by Crippen LogP contribution is 2.29. The normalized spacial score (nSPS) is 14.3. The van der Waals surface area contributed by atoms with Gasteiger partial charge in [-0.05, 0) is 44.2 Å². The quantitative estimate of drug-likeness (QED) is 0.444. The zero-order chi connectivity index (χ0) is 17.8. The van der Waals surface area contributed by atoms with Gasteiger partial charge in [0.2, 0.25) is 0 Å². The third-order valence-electron chi connectivity index (χ3n) is 4.36. The molecule has 0 fully saturated rings. The Bertz CT molecular complexity index is 791. The van der Waals surface area contributed by atoms with Gasteiger partial charge in [0, 0.05) is 22.2 Å². The second-order valence-corrected chi connectivity index (χ2v) is 7.24. The van der Waals surface area contributed by atoms with Gasteiger partial charge in [-0.2, -0.15) is 5.10 Å². The molecule has 132 valence electrons. The van der Waals surface area contributed by atoms with E-state index in [9.17, 15) is 15.0 Å². The first-order valence-electron chi connectivity index (χ1n) is 8.33. The minimum Gasteiger partial charge on any atom is -0.505 e. The number of amides is 1. The van der Waals surface area contributed by atoms with Crippen molar-refractivity contribution in [2.75, 3.05) is 0 Å². The maximum absolute atomic E-state index is 12.3. The number of aliphatic hydroxyl groups is 1. The molecular weight excluding hydrogens is 338 g/mol. The molecule has 25 heavy (non-hydrogen) atoms.